The van der Waals surface area contributed by atoms with Crippen molar-refractivity contribution in [1.82, 2.24) is 4.44 Å². The van der Waals surface area contributed by atoms with Crippen LogP contribution >= 0.6 is 17.5 Å². The minimum absolute atomic E-state index is 0.602. The van der Waals surface area contributed by atoms with Crippen molar-refractivity contribution >= 4 is 28.1 Å². The zero-order valence-corrected chi connectivity index (χ0v) is 14.9. The van der Waals surface area contributed by atoms with Gasteiger partial charge in [0, 0.05) is 13.1 Å². The first-order valence-corrected chi connectivity index (χ1v) is 8.93. The van der Waals surface area contributed by atoms with Gasteiger partial charge in [0.2, 0.25) is 0 Å². The van der Waals surface area contributed by atoms with E-state index in [-0.39, 0.29) is 0 Å². The Morgan fingerprint density at radius 1 is 0.818 bits per heavy atom. The zero-order valence-electron chi connectivity index (χ0n) is 12.9. The number of hydrogen-bond acceptors (Lipinski definition) is 4. The highest BCUT2D eigenvalue weighted by atomic mass is 31.1. The van der Waals surface area contributed by atoms with Crippen molar-refractivity contribution in [3.63, 3.8) is 0 Å². The Labute approximate surface area is 135 Å². The smallest absolute Gasteiger partial charge is 0.118 e. The summed E-state index contributed by atoms with van der Waals surface area (Å²) < 4.78 is 12.8. The predicted molar refractivity (Wildman–Crippen MR) is 97.6 cm³/mol. The van der Waals surface area contributed by atoms with Crippen molar-refractivity contribution in [3.05, 3.63) is 48.5 Å². The molecule has 2 N–H and O–H groups in total. The van der Waals surface area contributed by atoms with E-state index in [1.165, 1.54) is 10.6 Å². The molecule has 118 valence electrons. The van der Waals surface area contributed by atoms with Crippen LogP contribution in [0, 0.1) is 0 Å². The van der Waals surface area contributed by atoms with Gasteiger partial charge >= 0.3 is 0 Å². The van der Waals surface area contributed by atoms with E-state index in [9.17, 15) is 0 Å². The number of nitrogens with zero attached hydrogens (tertiary/aromatic N) is 1. The molecule has 2 atom stereocenters. The number of methoxy groups -OCH3 is 2. The second kappa shape index (κ2) is 9.07. The molecular formula is C16H22N2O2P2. The first-order chi connectivity index (χ1) is 10.7. The molecule has 0 spiro atoms. The summed E-state index contributed by atoms with van der Waals surface area (Å²) in [7, 11) is 4.57. The fraction of sp³-hybridized carbons (Fsp3) is 0.250. The highest BCUT2D eigenvalue weighted by Crippen LogP contribution is 2.31. The second-order valence-electron chi connectivity index (χ2n) is 4.62. The van der Waals surface area contributed by atoms with Gasteiger partial charge in [0.1, 0.15) is 11.5 Å². The standard InChI is InChI=1S/C16H22N2O2P2/c1-19-13-3-7-15(8-4-13)21-18(12-11-17)22-16-9-5-14(20-2)6-10-16/h3-10,21-22H,11-12,17H2,1-2H3. The number of ether oxygens (including phenoxy) is 2. The average Bonchev–Trinajstić information content (AvgIpc) is 2.56. The van der Waals surface area contributed by atoms with Gasteiger partial charge in [-0.15, -0.1) is 0 Å². The highest BCUT2D eigenvalue weighted by molar-refractivity contribution is 7.59. The van der Waals surface area contributed by atoms with Crippen LogP contribution in [0.5, 0.6) is 11.5 Å². The molecule has 0 aliphatic heterocycles. The zero-order chi connectivity index (χ0) is 15.8. The van der Waals surface area contributed by atoms with Gasteiger partial charge in [0.15, 0.2) is 0 Å². The van der Waals surface area contributed by atoms with Gasteiger partial charge in [0.25, 0.3) is 0 Å². The topological polar surface area (TPSA) is 47.7 Å². The van der Waals surface area contributed by atoms with Crippen molar-refractivity contribution in [2.24, 2.45) is 5.73 Å². The van der Waals surface area contributed by atoms with Gasteiger partial charge in [-0.2, -0.15) is 0 Å². The lowest BCUT2D eigenvalue weighted by atomic mass is 10.3. The third kappa shape index (κ3) is 5.23. The summed E-state index contributed by atoms with van der Waals surface area (Å²) in [4.78, 5) is 0. The molecular weight excluding hydrogens is 314 g/mol. The van der Waals surface area contributed by atoms with Crippen LogP contribution in [0.4, 0.5) is 0 Å². The molecule has 0 radical (unpaired) electrons. The first-order valence-electron chi connectivity index (χ1n) is 7.04. The molecule has 2 aromatic rings. The maximum atomic E-state index is 5.76. The minimum Gasteiger partial charge on any atom is -0.497 e. The van der Waals surface area contributed by atoms with E-state index in [0.29, 0.717) is 24.0 Å². The van der Waals surface area contributed by atoms with Gasteiger partial charge in [-0.1, -0.05) is 0 Å². The van der Waals surface area contributed by atoms with Gasteiger partial charge in [0.05, 0.1) is 14.2 Å². The Kier molecular flexibility index (Phi) is 7.08. The van der Waals surface area contributed by atoms with Crippen molar-refractivity contribution in [1.29, 1.82) is 0 Å². The molecule has 2 aromatic carbocycles. The number of nitrogens with two attached hydrogens (primary N) is 1. The summed E-state index contributed by atoms with van der Waals surface area (Å²) in [5.41, 5.74) is 5.76. The molecule has 2 unspecified atom stereocenters. The summed E-state index contributed by atoms with van der Waals surface area (Å²) in [5, 5.41) is 2.57. The van der Waals surface area contributed by atoms with Gasteiger partial charge in [-0.25, -0.2) is 0 Å². The van der Waals surface area contributed by atoms with Crippen molar-refractivity contribution in [3.8, 4) is 11.5 Å². The molecule has 0 saturated carbocycles. The molecule has 0 amide bonds. The van der Waals surface area contributed by atoms with Crippen LogP contribution in [-0.2, 0) is 0 Å². The Morgan fingerprint density at radius 2 is 1.23 bits per heavy atom. The maximum Gasteiger partial charge on any atom is 0.118 e. The minimum atomic E-state index is 0.602. The lowest BCUT2D eigenvalue weighted by Crippen LogP contribution is -2.20. The third-order valence-electron chi connectivity index (χ3n) is 3.06. The van der Waals surface area contributed by atoms with Crippen LogP contribution in [0.25, 0.3) is 0 Å². The first kappa shape index (κ1) is 17.2. The second-order valence-corrected chi connectivity index (χ2v) is 7.75. The normalized spacial score (nSPS) is 11.8. The molecule has 0 bridgehead atoms. The Hall–Kier alpha value is -1.18. The Balaban J connectivity index is 2.01. The van der Waals surface area contributed by atoms with E-state index >= 15 is 0 Å². The van der Waals surface area contributed by atoms with E-state index in [2.05, 4.69) is 28.7 Å². The fourth-order valence-corrected chi connectivity index (χ4v) is 4.65. The molecule has 0 heterocycles. The molecule has 22 heavy (non-hydrogen) atoms. The maximum absolute atomic E-state index is 5.76. The van der Waals surface area contributed by atoms with E-state index in [0.717, 1.165) is 18.0 Å². The quantitative estimate of drug-likeness (QED) is 0.750. The number of hydrogen-bond donors (Lipinski definition) is 1. The van der Waals surface area contributed by atoms with Crippen LogP contribution in [-0.4, -0.2) is 31.8 Å². The number of benzene rings is 2. The van der Waals surface area contributed by atoms with Gasteiger partial charge in [-0.05, 0) is 76.6 Å². The SMILES string of the molecule is COc1ccc(PN(CCN)Pc2ccc(OC)cc2)cc1. The Morgan fingerprint density at radius 3 is 1.55 bits per heavy atom. The van der Waals surface area contributed by atoms with E-state index in [1.54, 1.807) is 14.2 Å². The van der Waals surface area contributed by atoms with Crippen LogP contribution in [0.3, 0.4) is 0 Å². The molecule has 0 aliphatic rings. The lowest BCUT2D eigenvalue weighted by Gasteiger charge is -2.21. The van der Waals surface area contributed by atoms with Crippen LogP contribution in [0.1, 0.15) is 0 Å². The summed E-state index contributed by atoms with van der Waals surface area (Å²) >= 11 is 0. The monoisotopic (exact) mass is 336 g/mol. The number of rotatable bonds is 8. The van der Waals surface area contributed by atoms with Crippen molar-refractivity contribution < 1.29 is 9.47 Å². The largest absolute Gasteiger partial charge is 0.497 e. The summed E-state index contributed by atoms with van der Waals surface area (Å²) in [6, 6.07) is 16.4. The summed E-state index contributed by atoms with van der Waals surface area (Å²) in [6.45, 7) is 1.54. The molecule has 0 fully saturated rings. The third-order valence-corrected chi connectivity index (χ3v) is 5.90. The molecule has 6 heteroatoms. The fourth-order valence-electron chi connectivity index (χ4n) is 1.91. The molecule has 4 nitrogen and oxygen atoms in total. The van der Waals surface area contributed by atoms with Gasteiger partial charge < -0.3 is 15.2 Å². The predicted octanol–water partition coefficient (Wildman–Crippen LogP) is 2.10. The van der Waals surface area contributed by atoms with E-state index in [4.69, 9.17) is 15.2 Å². The van der Waals surface area contributed by atoms with Gasteiger partial charge in [-0.3, -0.25) is 4.44 Å². The van der Waals surface area contributed by atoms with Crippen molar-refractivity contribution in [2.75, 3.05) is 27.3 Å². The molecule has 2 rings (SSSR count). The van der Waals surface area contributed by atoms with E-state index in [1.807, 2.05) is 24.3 Å². The molecule has 0 aromatic heterocycles. The van der Waals surface area contributed by atoms with Crippen LogP contribution in [0.15, 0.2) is 48.5 Å². The van der Waals surface area contributed by atoms with Crippen LogP contribution in [0.2, 0.25) is 0 Å². The van der Waals surface area contributed by atoms with E-state index < -0.39 is 0 Å². The summed E-state index contributed by atoms with van der Waals surface area (Å²) in [6.07, 6.45) is 0. The summed E-state index contributed by atoms with van der Waals surface area (Å²) in [5.74, 6) is 1.77. The Bertz CT molecular complexity index is 512. The molecule has 0 aliphatic carbocycles. The van der Waals surface area contributed by atoms with Crippen LogP contribution < -0.4 is 25.8 Å². The lowest BCUT2D eigenvalue weighted by molar-refractivity contribution is 0.415. The van der Waals surface area contributed by atoms with Crippen molar-refractivity contribution in [2.45, 2.75) is 0 Å². The molecule has 0 saturated heterocycles. The average molecular weight is 336 g/mol. The highest BCUT2D eigenvalue weighted by Gasteiger charge is 2.07.